The second-order valence-corrected chi connectivity index (χ2v) is 7.92. The van der Waals surface area contributed by atoms with Gasteiger partial charge in [-0.1, -0.05) is 38.5 Å². The fourth-order valence-electron chi connectivity index (χ4n) is 3.49. The van der Waals surface area contributed by atoms with Gasteiger partial charge in [0.15, 0.2) is 0 Å². The van der Waals surface area contributed by atoms with Gasteiger partial charge in [-0.05, 0) is 49.7 Å². The van der Waals surface area contributed by atoms with E-state index in [2.05, 4.69) is 63.9 Å². The molecule has 0 spiro atoms. The number of benzene rings is 1. The molecule has 0 bridgehead atoms. The highest BCUT2D eigenvalue weighted by atomic mass is 16.3. The summed E-state index contributed by atoms with van der Waals surface area (Å²) in [5, 5.41) is 10.4. The van der Waals surface area contributed by atoms with Gasteiger partial charge in [0.05, 0.1) is 6.10 Å². The van der Waals surface area contributed by atoms with Crippen LogP contribution >= 0.6 is 0 Å². The Balaban J connectivity index is 2.01. The number of aryl methyl sites for hydroxylation is 1. The normalized spacial score (nSPS) is 26.7. The third-order valence-electron chi connectivity index (χ3n) is 5.15. The van der Waals surface area contributed by atoms with E-state index in [4.69, 9.17) is 0 Å². The van der Waals surface area contributed by atoms with Crippen LogP contribution in [0.15, 0.2) is 24.3 Å². The first-order valence-electron chi connectivity index (χ1n) is 8.23. The molecule has 0 radical (unpaired) electrons. The first kappa shape index (κ1) is 16.4. The van der Waals surface area contributed by atoms with Crippen LogP contribution in [0.2, 0.25) is 0 Å². The molecule has 1 aromatic rings. The van der Waals surface area contributed by atoms with Crippen molar-refractivity contribution in [3.8, 4) is 0 Å². The summed E-state index contributed by atoms with van der Waals surface area (Å²) in [4.78, 5) is 2.29. The minimum atomic E-state index is -0.142. The molecule has 1 aliphatic rings. The van der Waals surface area contributed by atoms with Gasteiger partial charge in [0.2, 0.25) is 0 Å². The molecule has 0 saturated heterocycles. The van der Waals surface area contributed by atoms with Crippen molar-refractivity contribution in [1.29, 1.82) is 0 Å². The van der Waals surface area contributed by atoms with Crippen molar-refractivity contribution >= 4 is 5.69 Å². The zero-order chi connectivity index (χ0) is 15.6. The van der Waals surface area contributed by atoms with E-state index in [9.17, 15) is 5.11 Å². The van der Waals surface area contributed by atoms with Gasteiger partial charge in [-0.15, -0.1) is 0 Å². The smallest absolute Gasteiger partial charge is 0.0585 e. The lowest BCUT2D eigenvalue weighted by atomic mass is 9.68. The van der Waals surface area contributed by atoms with Gasteiger partial charge in [0.25, 0.3) is 0 Å². The maximum atomic E-state index is 10.4. The Hall–Kier alpha value is -1.02. The molecule has 0 aromatic heterocycles. The lowest BCUT2D eigenvalue weighted by Gasteiger charge is -2.41. The summed E-state index contributed by atoms with van der Waals surface area (Å²) >= 11 is 0. The van der Waals surface area contributed by atoms with E-state index in [1.165, 1.54) is 11.3 Å². The van der Waals surface area contributed by atoms with Crippen molar-refractivity contribution in [1.82, 2.24) is 0 Å². The fraction of sp³-hybridized carbons (Fsp3) is 0.684. The van der Waals surface area contributed by atoms with E-state index < -0.39 is 0 Å². The Labute approximate surface area is 130 Å². The van der Waals surface area contributed by atoms with Crippen molar-refractivity contribution in [2.45, 2.75) is 53.1 Å². The highest BCUT2D eigenvalue weighted by Crippen LogP contribution is 2.40. The third kappa shape index (κ3) is 4.23. The topological polar surface area (TPSA) is 23.5 Å². The van der Waals surface area contributed by atoms with Crippen molar-refractivity contribution in [2.75, 3.05) is 18.5 Å². The number of aliphatic hydroxyl groups excluding tert-OH is 1. The fourth-order valence-corrected chi connectivity index (χ4v) is 3.49. The summed E-state index contributed by atoms with van der Waals surface area (Å²) in [6.07, 6.45) is 3.11. The Bertz CT molecular complexity index is 446. The quantitative estimate of drug-likeness (QED) is 0.899. The number of nitrogens with zero attached hydrogens (tertiary/aromatic N) is 1. The molecule has 0 aliphatic heterocycles. The predicted octanol–water partition coefficient (Wildman–Crippen LogP) is 4.25. The molecule has 1 N–H and O–H groups in total. The van der Waals surface area contributed by atoms with E-state index in [0.717, 1.165) is 31.7 Å². The third-order valence-corrected chi connectivity index (χ3v) is 5.15. The second kappa shape index (κ2) is 6.39. The van der Waals surface area contributed by atoms with Gasteiger partial charge < -0.3 is 10.0 Å². The molecule has 21 heavy (non-hydrogen) atoms. The zero-order valence-electron chi connectivity index (χ0n) is 14.3. The second-order valence-electron chi connectivity index (χ2n) is 7.92. The Kier molecular flexibility index (Phi) is 4.98. The molecular weight excluding hydrogens is 258 g/mol. The van der Waals surface area contributed by atoms with Crippen LogP contribution in [-0.4, -0.2) is 24.8 Å². The van der Waals surface area contributed by atoms with E-state index in [-0.39, 0.29) is 6.10 Å². The number of rotatable bonds is 3. The summed E-state index contributed by atoms with van der Waals surface area (Å²) in [5.74, 6) is 1.10. The summed E-state index contributed by atoms with van der Waals surface area (Å²) in [7, 11) is 2.14. The highest BCUT2D eigenvalue weighted by Gasteiger charge is 2.35. The summed E-state index contributed by atoms with van der Waals surface area (Å²) < 4.78 is 0. The molecule has 2 heteroatoms. The van der Waals surface area contributed by atoms with E-state index >= 15 is 0 Å². The summed E-state index contributed by atoms with van der Waals surface area (Å²) in [6, 6.07) is 8.65. The maximum absolute atomic E-state index is 10.4. The molecule has 1 saturated carbocycles. The largest absolute Gasteiger partial charge is 0.393 e. The van der Waals surface area contributed by atoms with E-state index in [1.807, 2.05) is 0 Å². The summed E-state index contributed by atoms with van der Waals surface area (Å²) in [5.41, 5.74) is 2.88. The molecule has 118 valence electrons. The first-order valence-corrected chi connectivity index (χ1v) is 8.23. The minimum Gasteiger partial charge on any atom is -0.393 e. The lowest BCUT2D eigenvalue weighted by Crippen LogP contribution is -2.40. The highest BCUT2D eigenvalue weighted by molar-refractivity contribution is 5.46. The monoisotopic (exact) mass is 289 g/mol. The van der Waals surface area contributed by atoms with Crippen molar-refractivity contribution in [3.05, 3.63) is 29.8 Å². The first-order chi connectivity index (χ1) is 9.77. The molecule has 1 aromatic carbocycles. The van der Waals surface area contributed by atoms with Crippen LogP contribution < -0.4 is 4.90 Å². The Morgan fingerprint density at radius 3 is 2.33 bits per heavy atom. The molecule has 3 unspecified atom stereocenters. The number of anilines is 1. The molecule has 2 nitrogen and oxygen atoms in total. The van der Waals surface area contributed by atoms with Crippen LogP contribution in [0.1, 0.15) is 45.6 Å². The van der Waals surface area contributed by atoms with Gasteiger partial charge in [0, 0.05) is 25.2 Å². The van der Waals surface area contributed by atoms with Gasteiger partial charge >= 0.3 is 0 Å². The van der Waals surface area contributed by atoms with Crippen LogP contribution in [0, 0.1) is 24.2 Å². The van der Waals surface area contributed by atoms with Crippen LogP contribution in [-0.2, 0) is 0 Å². The molecule has 3 atom stereocenters. The van der Waals surface area contributed by atoms with Crippen LogP contribution in [0.4, 0.5) is 5.69 Å². The molecule has 0 heterocycles. The van der Waals surface area contributed by atoms with Crippen LogP contribution in [0.3, 0.4) is 0 Å². The number of hydrogen-bond acceptors (Lipinski definition) is 2. The molecular formula is C19H31NO. The van der Waals surface area contributed by atoms with Gasteiger partial charge in [0.1, 0.15) is 0 Å². The SMILES string of the molecule is Cc1ccc(N(C)CC2CC(C(C)(C)C)CCC2O)cc1. The van der Waals surface area contributed by atoms with Crippen LogP contribution in [0.25, 0.3) is 0 Å². The van der Waals surface area contributed by atoms with Crippen molar-refractivity contribution < 1.29 is 5.11 Å². The molecule has 1 aliphatic carbocycles. The summed E-state index contributed by atoms with van der Waals surface area (Å²) in [6.45, 7) is 10.0. The number of hydrogen-bond donors (Lipinski definition) is 1. The Morgan fingerprint density at radius 1 is 1.14 bits per heavy atom. The van der Waals surface area contributed by atoms with Crippen molar-refractivity contribution in [3.63, 3.8) is 0 Å². The van der Waals surface area contributed by atoms with E-state index in [1.54, 1.807) is 0 Å². The predicted molar refractivity (Wildman–Crippen MR) is 90.7 cm³/mol. The van der Waals surface area contributed by atoms with Gasteiger partial charge in [-0.3, -0.25) is 0 Å². The van der Waals surface area contributed by atoms with Gasteiger partial charge in [-0.2, -0.15) is 0 Å². The van der Waals surface area contributed by atoms with E-state index in [0.29, 0.717) is 11.3 Å². The lowest BCUT2D eigenvalue weighted by molar-refractivity contribution is 0.0229. The van der Waals surface area contributed by atoms with Gasteiger partial charge in [-0.25, -0.2) is 0 Å². The molecule has 2 rings (SSSR count). The van der Waals surface area contributed by atoms with Crippen molar-refractivity contribution in [2.24, 2.45) is 17.3 Å². The molecule has 1 fully saturated rings. The minimum absolute atomic E-state index is 0.142. The average molecular weight is 289 g/mol. The average Bonchev–Trinajstić information content (AvgIpc) is 2.40. The number of aliphatic hydroxyl groups is 1. The maximum Gasteiger partial charge on any atom is 0.0585 e. The Morgan fingerprint density at radius 2 is 1.76 bits per heavy atom. The zero-order valence-corrected chi connectivity index (χ0v) is 14.3. The van der Waals surface area contributed by atoms with Crippen LogP contribution in [0.5, 0.6) is 0 Å². The standard InChI is InChI=1S/C19H31NO/c1-14-6-9-17(10-7-14)20(5)13-15-12-16(19(2,3)4)8-11-18(15)21/h6-7,9-10,15-16,18,21H,8,11-13H2,1-5H3. The molecule has 0 amide bonds.